The van der Waals surface area contributed by atoms with Crippen LogP contribution in [0.25, 0.3) is 5.69 Å². The zero-order chi connectivity index (χ0) is 11.5. The Labute approximate surface area is 97.9 Å². The van der Waals surface area contributed by atoms with Crippen molar-refractivity contribution < 1.29 is 4.39 Å². The maximum atomic E-state index is 12.8. The van der Waals surface area contributed by atoms with Crippen LogP contribution in [0.15, 0.2) is 24.3 Å². The molecule has 0 saturated carbocycles. The van der Waals surface area contributed by atoms with E-state index in [2.05, 4.69) is 17.1 Å². The Balaban J connectivity index is 2.45. The van der Waals surface area contributed by atoms with E-state index in [0.29, 0.717) is 5.28 Å². The minimum Gasteiger partial charge on any atom is -0.270 e. The van der Waals surface area contributed by atoms with Gasteiger partial charge in [0.2, 0.25) is 5.28 Å². The molecule has 1 aromatic carbocycles. The maximum Gasteiger partial charge on any atom is 0.229 e. The lowest BCUT2D eigenvalue weighted by Crippen LogP contribution is -2.01. The summed E-state index contributed by atoms with van der Waals surface area (Å²) in [6, 6.07) is 6.09. The number of rotatable bonds is 3. The van der Waals surface area contributed by atoms with E-state index in [1.165, 1.54) is 12.1 Å². The summed E-state index contributed by atoms with van der Waals surface area (Å²) in [5.74, 6) is 0.518. The normalized spacial score (nSPS) is 10.7. The van der Waals surface area contributed by atoms with Gasteiger partial charge in [-0.3, -0.25) is 4.57 Å². The van der Waals surface area contributed by atoms with Crippen molar-refractivity contribution in [1.82, 2.24) is 14.8 Å². The molecular weight excluding hydrogens is 229 g/mol. The predicted molar refractivity (Wildman–Crippen MR) is 60.3 cm³/mol. The van der Waals surface area contributed by atoms with Crippen molar-refractivity contribution in [3.63, 3.8) is 0 Å². The highest BCUT2D eigenvalue weighted by Gasteiger charge is 2.10. The predicted octanol–water partition coefficient (Wildman–Crippen LogP) is 3.01. The van der Waals surface area contributed by atoms with Gasteiger partial charge in [0, 0.05) is 12.1 Å². The van der Waals surface area contributed by atoms with Gasteiger partial charge in [-0.2, -0.15) is 0 Å². The molecule has 1 heterocycles. The van der Waals surface area contributed by atoms with Crippen LogP contribution in [0.2, 0.25) is 5.28 Å². The first-order valence-electron chi connectivity index (χ1n) is 5.08. The van der Waals surface area contributed by atoms with Crippen LogP contribution in [0.3, 0.4) is 0 Å². The second-order valence-electron chi connectivity index (χ2n) is 3.45. The van der Waals surface area contributed by atoms with Crippen LogP contribution in [-0.2, 0) is 6.42 Å². The molecule has 0 spiro atoms. The van der Waals surface area contributed by atoms with Crippen molar-refractivity contribution in [3.05, 3.63) is 41.2 Å². The van der Waals surface area contributed by atoms with Crippen molar-refractivity contribution in [1.29, 1.82) is 0 Å². The molecule has 84 valence electrons. The SMILES string of the molecule is CCCc1nnc(Cl)n1-c1ccc(F)cc1. The van der Waals surface area contributed by atoms with Crippen LogP contribution in [0.5, 0.6) is 0 Å². The van der Waals surface area contributed by atoms with Gasteiger partial charge in [-0.25, -0.2) is 4.39 Å². The zero-order valence-corrected chi connectivity index (χ0v) is 9.58. The topological polar surface area (TPSA) is 30.7 Å². The largest absolute Gasteiger partial charge is 0.270 e. The van der Waals surface area contributed by atoms with Crippen LogP contribution >= 0.6 is 11.6 Å². The van der Waals surface area contributed by atoms with Crippen LogP contribution in [0.4, 0.5) is 4.39 Å². The second-order valence-corrected chi connectivity index (χ2v) is 3.79. The fourth-order valence-electron chi connectivity index (χ4n) is 1.53. The van der Waals surface area contributed by atoms with Gasteiger partial charge in [0.15, 0.2) is 0 Å². The maximum absolute atomic E-state index is 12.8. The van der Waals surface area contributed by atoms with Gasteiger partial charge in [-0.15, -0.1) is 10.2 Å². The smallest absolute Gasteiger partial charge is 0.229 e. The molecule has 2 aromatic rings. The molecule has 0 radical (unpaired) electrons. The molecule has 0 saturated heterocycles. The number of nitrogens with zero attached hydrogens (tertiary/aromatic N) is 3. The Morgan fingerprint density at radius 1 is 1.25 bits per heavy atom. The third-order valence-corrected chi connectivity index (χ3v) is 2.49. The minimum atomic E-state index is -0.273. The van der Waals surface area contributed by atoms with E-state index in [-0.39, 0.29) is 5.82 Å². The molecule has 3 nitrogen and oxygen atoms in total. The first-order valence-corrected chi connectivity index (χ1v) is 5.46. The highest BCUT2D eigenvalue weighted by Crippen LogP contribution is 2.18. The van der Waals surface area contributed by atoms with Crippen LogP contribution in [0, 0.1) is 5.82 Å². The van der Waals surface area contributed by atoms with E-state index >= 15 is 0 Å². The number of aryl methyl sites for hydroxylation is 1. The molecular formula is C11H11ClFN3. The van der Waals surface area contributed by atoms with Crippen molar-refractivity contribution >= 4 is 11.6 Å². The first-order chi connectivity index (χ1) is 7.72. The second kappa shape index (κ2) is 4.61. The van der Waals surface area contributed by atoms with Crippen molar-refractivity contribution in [2.75, 3.05) is 0 Å². The van der Waals surface area contributed by atoms with Gasteiger partial charge in [-0.1, -0.05) is 6.92 Å². The molecule has 5 heteroatoms. The third-order valence-electron chi connectivity index (χ3n) is 2.25. The van der Waals surface area contributed by atoms with Crippen molar-refractivity contribution in [2.45, 2.75) is 19.8 Å². The van der Waals surface area contributed by atoms with Gasteiger partial charge >= 0.3 is 0 Å². The third kappa shape index (κ3) is 2.07. The van der Waals surface area contributed by atoms with E-state index in [0.717, 1.165) is 24.4 Å². The molecule has 1 aromatic heterocycles. The highest BCUT2D eigenvalue weighted by molar-refractivity contribution is 6.28. The average molecular weight is 240 g/mol. The molecule has 0 aliphatic rings. The molecule has 0 amide bonds. The van der Waals surface area contributed by atoms with E-state index in [1.807, 2.05) is 0 Å². The molecule has 0 unspecified atom stereocenters. The Morgan fingerprint density at radius 2 is 1.94 bits per heavy atom. The van der Waals surface area contributed by atoms with Crippen LogP contribution in [0.1, 0.15) is 19.2 Å². The van der Waals surface area contributed by atoms with Crippen molar-refractivity contribution in [2.24, 2.45) is 0 Å². The van der Waals surface area contributed by atoms with Gasteiger partial charge in [0.25, 0.3) is 0 Å². The van der Waals surface area contributed by atoms with Crippen molar-refractivity contribution in [3.8, 4) is 5.69 Å². The molecule has 0 fully saturated rings. The summed E-state index contributed by atoms with van der Waals surface area (Å²) in [6.45, 7) is 2.05. The number of hydrogen-bond donors (Lipinski definition) is 0. The number of benzene rings is 1. The van der Waals surface area contributed by atoms with E-state index in [1.54, 1.807) is 16.7 Å². The van der Waals surface area contributed by atoms with Gasteiger partial charge in [-0.05, 0) is 42.3 Å². The Hall–Kier alpha value is -1.42. The summed E-state index contributed by atoms with van der Waals surface area (Å²) < 4.78 is 14.5. The Bertz CT molecular complexity index is 478. The summed E-state index contributed by atoms with van der Waals surface area (Å²) in [5.41, 5.74) is 0.778. The Morgan fingerprint density at radius 3 is 2.56 bits per heavy atom. The summed E-state index contributed by atoms with van der Waals surface area (Å²) in [6.07, 6.45) is 1.74. The van der Waals surface area contributed by atoms with Gasteiger partial charge in [0.1, 0.15) is 11.6 Å². The van der Waals surface area contributed by atoms with Gasteiger partial charge in [0.05, 0.1) is 0 Å². The molecule has 16 heavy (non-hydrogen) atoms. The average Bonchev–Trinajstić information content (AvgIpc) is 2.62. The molecule has 0 atom stereocenters. The molecule has 0 bridgehead atoms. The fourth-order valence-corrected chi connectivity index (χ4v) is 1.76. The van der Waals surface area contributed by atoms with E-state index in [4.69, 9.17) is 11.6 Å². The Kier molecular flexibility index (Phi) is 3.19. The highest BCUT2D eigenvalue weighted by atomic mass is 35.5. The van der Waals surface area contributed by atoms with E-state index in [9.17, 15) is 4.39 Å². The summed E-state index contributed by atoms with van der Waals surface area (Å²) in [4.78, 5) is 0. The molecule has 2 rings (SSSR count). The van der Waals surface area contributed by atoms with Gasteiger partial charge < -0.3 is 0 Å². The molecule has 0 aliphatic carbocycles. The van der Waals surface area contributed by atoms with E-state index < -0.39 is 0 Å². The van der Waals surface area contributed by atoms with Crippen LogP contribution < -0.4 is 0 Å². The number of aromatic nitrogens is 3. The first kappa shape index (κ1) is 11.1. The summed E-state index contributed by atoms with van der Waals surface area (Å²) in [7, 11) is 0. The standard InChI is InChI=1S/C11H11ClFN3/c1-2-3-10-14-15-11(12)16(10)9-6-4-8(13)5-7-9/h4-7H,2-3H2,1H3. The lowest BCUT2D eigenvalue weighted by atomic mass is 10.3. The molecule has 0 N–H and O–H groups in total. The quantitative estimate of drug-likeness (QED) is 0.824. The molecule has 0 aliphatic heterocycles. The van der Waals surface area contributed by atoms with Crippen LogP contribution in [-0.4, -0.2) is 14.8 Å². The minimum absolute atomic E-state index is 0.273. The number of hydrogen-bond acceptors (Lipinski definition) is 2. The lowest BCUT2D eigenvalue weighted by molar-refractivity contribution is 0.627. The summed E-state index contributed by atoms with van der Waals surface area (Å²) in [5, 5.41) is 8.11. The number of halogens is 2. The zero-order valence-electron chi connectivity index (χ0n) is 8.82. The fraction of sp³-hybridized carbons (Fsp3) is 0.273. The summed E-state index contributed by atoms with van der Waals surface area (Å²) >= 11 is 5.95. The lowest BCUT2D eigenvalue weighted by Gasteiger charge is -2.06. The monoisotopic (exact) mass is 239 g/mol.